The van der Waals surface area contributed by atoms with Gasteiger partial charge in [-0.15, -0.1) is 0 Å². The first-order chi connectivity index (χ1) is 33.2. The first kappa shape index (κ1) is 55.7. The molecule has 6 aromatic carbocycles. The SMILES string of the molecule is FC(F)(F)c1cc([B-](c2cc(C(F)(F)F)cc(C(F)(F)F)c2)(c2cc(C(F)(F)F)cc(C(F)(F)F)c2)c2cc(C(F)(F)F)cc(C(F)(F)F)c2)cc(C(F)(F)F)c1.c1ccc2cc(O[n+]3ccsc3)ccc2c1. The molecule has 0 saturated heterocycles. The molecule has 28 heteroatoms. The first-order valence-corrected chi connectivity index (χ1v) is 20.6. The van der Waals surface area contributed by atoms with Crippen molar-refractivity contribution in [3.8, 4) is 5.75 Å². The van der Waals surface area contributed by atoms with Crippen LogP contribution < -0.4 is 31.4 Å². The molecular weight excluding hydrogens is 1070 g/mol. The summed E-state index contributed by atoms with van der Waals surface area (Å²) in [5.41, 5.74) is -28.3. The van der Waals surface area contributed by atoms with Crippen molar-refractivity contribution in [1.29, 1.82) is 0 Å². The Balaban J connectivity index is 0.000000453. The van der Waals surface area contributed by atoms with Crippen LogP contribution in [0.5, 0.6) is 5.75 Å². The van der Waals surface area contributed by atoms with Crippen LogP contribution in [0.25, 0.3) is 10.8 Å². The van der Waals surface area contributed by atoms with Gasteiger partial charge in [0, 0.05) is 4.73 Å². The zero-order chi connectivity index (χ0) is 54.7. The highest BCUT2D eigenvalue weighted by Gasteiger charge is 2.47. The molecule has 2 nitrogen and oxygen atoms in total. The summed E-state index contributed by atoms with van der Waals surface area (Å²) in [6.07, 6.45) is -52.9. The van der Waals surface area contributed by atoms with Gasteiger partial charge >= 0.3 is 49.4 Å². The Hall–Kier alpha value is -6.61. The van der Waals surface area contributed by atoms with Crippen LogP contribution in [0.4, 0.5) is 105 Å². The summed E-state index contributed by atoms with van der Waals surface area (Å²) in [6, 6.07) is 5.53. The van der Waals surface area contributed by atoms with E-state index in [0.717, 1.165) is 5.75 Å². The van der Waals surface area contributed by atoms with E-state index in [9.17, 15) is 105 Å². The number of alkyl halides is 24. The van der Waals surface area contributed by atoms with Crippen molar-refractivity contribution >= 4 is 50.1 Å². The molecule has 1 heterocycles. The second-order valence-corrected chi connectivity index (χ2v) is 16.5. The topological polar surface area (TPSA) is 13.1 Å². The summed E-state index contributed by atoms with van der Waals surface area (Å²) in [5.74, 6) is 0.849. The van der Waals surface area contributed by atoms with Crippen LogP contribution in [0.1, 0.15) is 44.5 Å². The van der Waals surface area contributed by atoms with Gasteiger partial charge < -0.3 is 0 Å². The van der Waals surface area contributed by atoms with Crippen LogP contribution >= 0.6 is 11.3 Å². The average Bonchev–Trinajstić information content (AvgIpc) is 3.77. The number of benzene rings is 6. The van der Waals surface area contributed by atoms with Gasteiger partial charge in [0.1, 0.15) is 6.15 Å². The summed E-state index contributed by atoms with van der Waals surface area (Å²) in [5, 5.41) is 4.39. The number of aromatic nitrogens is 1. The van der Waals surface area contributed by atoms with Crippen LogP contribution in [0, 0.1) is 0 Å². The van der Waals surface area contributed by atoms with E-state index < -0.39 is 195 Å². The van der Waals surface area contributed by atoms with Gasteiger partial charge in [-0.25, -0.2) is 4.84 Å². The van der Waals surface area contributed by atoms with Crippen molar-refractivity contribution in [1.82, 2.24) is 0 Å². The Morgan fingerprint density at radius 3 is 0.849 bits per heavy atom. The van der Waals surface area contributed by atoms with Crippen molar-refractivity contribution in [2.45, 2.75) is 49.4 Å². The zero-order valence-corrected chi connectivity index (χ0v) is 35.9. The van der Waals surface area contributed by atoms with E-state index in [4.69, 9.17) is 4.84 Å². The Morgan fingerprint density at radius 1 is 0.329 bits per heavy atom. The Morgan fingerprint density at radius 2 is 0.603 bits per heavy atom. The predicted octanol–water partition coefficient (Wildman–Crippen LogP) is 14.2. The molecule has 0 unspecified atom stereocenters. The van der Waals surface area contributed by atoms with E-state index in [0.29, 0.717) is 0 Å². The van der Waals surface area contributed by atoms with Gasteiger partial charge in [0.2, 0.25) is 11.9 Å². The lowest BCUT2D eigenvalue weighted by atomic mass is 9.12. The smallest absolute Gasteiger partial charge is 0.231 e. The molecule has 0 atom stereocenters. The van der Waals surface area contributed by atoms with Gasteiger partial charge in [0.25, 0.3) is 5.51 Å². The van der Waals surface area contributed by atoms with Crippen LogP contribution in [0.15, 0.2) is 132 Å². The molecule has 0 fully saturated rings. The number of halogens is 24. The third-order valence-electron chi connectivity index (χ3n) is 10.8. The fourth-order valence-electron chi connectivity index (χ4n) is 7.69. The molecule has 0 N–H and O–H groups in total. The summed E-state index contributed by atoms with van der Waals surface area (Å²) in [4.78, 5) is 5.65. The van der Waals surface area contributed by atoms with Gasteiger partial charge in [0.05, 0.1) is 49.9 Å². The van der Waals surface area contributed by atoms with E-state index >= 15 is 0 Å². The normalized spacial score (nSPS) is 13.5. The number of thiazole rings is 1. The van der Waals surface area contributed by atoms with E-state index in [1.165, 1.54) is 10.8 Å². The summed E-state index contributed by atoms with van der Waals surface area (Å²) in [6.45, 7) is 0. The van der Waals surface area contributed by atoms with Gasteiger partial charge in [-0.2, -0.15) is 127 Å². The molecule has 7 aromatic rings. The molecule has 1 aromatic heterocycles. The van der Waals surface area contributed by atoms with E-state index in [-0.39, 0.29) is 0 Å². The average molecular weight is 1090 g/mol. The minimum Gasteiger partial charge on any atom is -0.231 e. The van der Waals surface area contributed by atoms with Crippen LogP contribution in [0.3, 0.4) is 0 Å². The molecule has 0 aliphatic heterocycles. The molecule has 73 heavy (non-hydrogen) atoms. The van der Waals surface area contributed by atoms with Crippen molar-refractivity contribution in [2.24, 2.45) is 0 Å². The molecule has 0 aliphatic carbocycles. The highest BCUT2D eigenvalue weighted by Crippen LogP contribution is 2.41. The maximum Gasteiger partial charge on any atom is 0.416 e. The fourth-order valence-corrected chi connectivity index (χ4v) is 8.19. The highest BCUT2D eigenvalue weighted by molar-refractivity contribution is 7.20. The molecule has 0 amide bonds. The van der Waals surface area contributed by atoms with Gasteiger partial charge in [-0.3, -0.25) is 0 Å². The molecule has 0 aliphatic rings. The number of hydrogen-bond donors (Lipinski definition) is 0. The largest absolute Gasteiger partial charge is 0.416 e. The lowest BCUT2D eigenvalue weighted by Crippen LogP contribution is -2.75. The minimum atomic E-state index is -6.13. The maximum absolute atomic E-state index is 14.2. The standard InChI is InChI=1S/C32H12BF24.C13H10NOS/c34-25(35,36)13-1-14(26(37,38)39)6-21(5-13)33(22-7-15(27(40,41)42)2-16(8-22)28(43,44)45,23-9-17(29(46,47)48)3-18(10-23)30(49,50)51)24-11-19(31(52,53)54)4-20(12-24)32(55,56)57;1-2-4-12-9-13(6-5-11(12)3-1)15-14-7-8-16-10-14/h1-12H;1-10H/q-1;+1. The molecule has 0 radical (unpaired) electrons. The highest BCUT2D eigenvalue weighted by atomic mass is 32.1. The zero-order valence-electron chi connectivity index (χ0n) is 35.1. The van der Waals surface area contributed by atoms with E-state index in [1.54, 1.807) is 16.1 Å². The quantitative estimate of drug-likeness (QED) is 0.0919. The molecule has 390 valence electrons. The second kappa shape index (κ2) is 19.0. The van der Waals surface area contributed by atoms with E-state index in [1.807, 2.05) is 41.4 Å². The molecule has 0 spiro atoms. The minimum absolute atomic E-state index is 0.691. The molecule has 0 saturated carbocycles. The number of nitrogens with zero attached hydrogens (tertiary/aromatic N) is 1. The lowest BCUT2D eigenvalue weighted by Gasteiger charge is -2.46. The first-order valence-electron chi connectivity index (χ1n) is 19.6. The van der Waals surface area contributed by atoms with E-state index in [2.05, 4.69) is 18.2 Å². The monoisotopic (exact) mass is 1090 g/mol. The second-order valence-electron chi connectivity index (χ2n) is 15.7. The van der Waals surface area contributed by atoms with Crippen molar-refractivity contribution < 1.29 is 115 Å². The molecule has 7 rings (SSSR count). The van der Waals surface area contributed by atoms with Crippen molar-refractivity contribution in [3.63, 3.8) is 0 Å². The Kier molecular flexibility index (Phi) is 14.5. The third-order valence-corrected chi connectivity index (χ3v) is 11.4. The van der Waals surface area contributed by atoms with Crippen LogP contribution in [-0.2, 0) is 49.4 Å². The summed E-state index contributed by atoms with van der Waals surface area (Å²) < 4.78 is 343. The lowest BCUT2D eigenvalue weighted by molar-refractivity contribution is -0.871. The number of rotatable bonds is 6. The van der Waals surface area contributed by atoms with Gasteiger partial charge in [-0.1, -0.05) is 90.2 Å². The number of hydrogen-bond acceptors (Lipinski definition) is 2. The Labute approximate surface area is 396 Å². The van der Waals surface area contributed by atoms with Gasteiger partial charge in [0.15, 0.2) is 0 Å². The van der Waals surface area contributed by atoms with Crippen molar-refractivity contribution in [2.75, 3.05) is 0 Å². The summed E-state index contributed by atoms with van der Waals surface area (Å²) in [7, 11) is 0. The number of fused-ring (bicyclic) bond motifs is 1. The third kappa shape index (κ3) is 12.6. The Bertz CT molecular complexity index is 2670. The fraction of sp³-hybridized carbons (Fsp3) is 0.178. The summed E-state index contributed by atoms with van der Waals surface area (Å²) >= 11 is 1.60. The van der Waals surface area contributed by atoms with Crippen molar-refractivity contribution in [3.05, 3.63) is 177 Å². The molecular formula is C45H22BF24NOS. The van der Waals surface area contributed by atoms with Gasteiger partial charge in [-0.05, 0) is 47.2 Å². The predicted molar refractivity (Wildman–Crippen MR) is 215 cm³/mol. The molecule has 0 bridgehead atoms. The maximum atomic E-state index is 14.2. The van der Waals surface area contributed by atoms with Crippen LogP contribution in [-0.4, -0.2) is 6.15 Å². The van der Waals surface area contributed by atoms with Crippen LogP contribution in [0.2, 0.25) is 0 Å².